The van der Waals surface area contributed by atoms with Crippen molar-refractivity contribution in [2.45, 2.75) is 50.3 Å². The molecule has 1 aliphatic rings. The third-order valence-electron chi connectivity index (χ3n) is 6.46. The van der Waals surface area contributed by atoms with E-state index in [4.69, 9.17) is 20.3 Å². The Bertz CT molecular complexity index is 1460. The third kappa shape index (κ3) is 6.22. The van der Waals surface area contributed by atoms with Crippen LogP contribution in [-0.4, -0.2) is 89.7 Å². The number of amides is 1. The zero-order valence-electron chi connectivity index (χ0n) is 21.7. The highest BCUT2D eigenvalue weighted by Gasteiger charge is 2.50. The van der Waals surface area contributed by atoms with E-state index in [-0.39, 0.29) is 47.5 Å². The first-order chi connectivity index (χ1) is 19.4. The van der Waals surface area contributed by atoms with Crippen molar-refractivity contribution in [3.63, 3.8) is 0 Å². The fourth-order valence-corrected chi connectivity index (χ4v) is 4.39. The monoisotopic (exact) mass is 574 g/mol. The summed E-state index contributed by atoms with van der Waals surface area (Å²) in [5.74, 6) is -4.75. The molecule has 1 fully saturated rings. The van der Waals surface area contributed by atoms with Crippen LogP contribution in [0.25, 0.3) is 11.2 Å². The van der Waals surface area contributed by atoms with Gasteiger partial charge in [-0.2, -0.15) is 0 Å². The lowest BCUT2D eigenvalue weighted by Gasteiger charge is -2.27. The summed E-state index contributed by atoms with van der Waals surface area (Å²) >= 11 is 0. The van der Waals surface area contributed by atoms with Crippen LogP contribution >= 0.6 is 0 Å². The van der Waals surface area contributed by atoms with Crippen LogP contribution in [-0.2, 0) is 30.3 Å². The zero-order valence-corrected chi connectivity index (χ0v) is 21.7. The van der Waals surface area contributed by atoms with Gasteiger partial charge in [-0.15, -0.1) is 0 Å². The van der Waals surface area contributed by atoms with Gasteiger partial charge in [0.1, 0.15) is 17.5 Å². The molecule has 0 spiro atoms. The molecule has 218 valence electrons. The van der Waals surface area contributed by atoms with Crippen LogP contribution in [0, 0.1) is 6.92 Å². The van der Waals surface area contributed by atoms with Crippen LogP contribution in [0.5, 0.6) is 0 Å². The second kappa shape index (κ2) is 11.8. The number of fused-ring (bicyclic) bond motifs is 1. The number of aromatic nitrogens is 4. The molecule has 0 aliphatic carbocycles. The molecule has 6 N–H and O–H groups in total. The molecule has 0 radical (unpaired) electrons. The molecule has 1 aromatic carbocycles. The average molecular weight is 575 g/mol. The number of halogens is 1. The van der Waals surface area contributed by atoms with E-state index in [1.165, 1.54) is 35.2 Å². The number of carboxylic acids is 3. The second-order valence-electron chi connectivity index (χ2n) is 9.40. The van der Waals surface area contributed by atoms with E-state index in [9.17, 15) is 29.4 Å². The van der Waals surface area contributed by atoms with E-state index in [0.29, 0.717) is 5.82 Å². The minimum absolute atomic E-state index is 0.0901. The summed E-state index contributed by atoms with van der Waals surface area (Å²) in [6, 6.07) is 5.39. The van der Waals surface area contributed by atoms with E-state index in [1.54, 1.807) is 6.92 Å². The lowest BCUT2D eigenvalue weighted by molar-refractivity contribution is -0.188. The van der Waals surface area contributed by atoms with E-state index < -0.39 is 60.9 Å². The van der Waals surface area contributed by atoms with Crippen molar-refractivity contribution >= 4 is 40.8 Å². The number of anilines is 1. The molecule has 4 rings (SSSR count). The predicted molar refractivity (Wildman–Crippen MR) is 137 cm³/mol. The number of carbonyl (C=O) groups excluding carboxylic acids is 1. The van der Waals surface area contributed by atoms with Crippen LogP contribution in [0.1, 0.15) is 40.8 Å². The first kappa shape index (κ1) is 29.3. The highest BCUT2D eigenvalue weighted by atomic mass is 19.1. The summed E-state index contributed by atoms with van der Waals surface area (Å²) in [6.07, 6.45) is -3.57. The number of imidazole rings is 1. The van der Waals surface area contributed by atoms with Gasteiger partial charge in [-0.05, 0) is 24.6 Å². The molecule has 3 aromatic rings. The average Bonchev–Trinajstić information content (AvgIpc) is 3.49. The minimum Gasteiger partial charge on any atom is -0.481 e. The normalized spacial score (nSPS) is 18.8. The number of carbonyl (C=O) groups is 4. The smallest absolute Gasteiger partial charge is 0.348 e. The van der Waals surface area contributed by atoms with E-state index >= 15 is 4.39 Å². The zero-order chi connectivity index (χ0) is 29.9. The number of aryl methyl sites for hydroxylation is 1. The highest BCUT2D eigenvalue weighted by molar-refractivity contribution is 6.02. The largest absolute Gasteiger partial charge is 0.481 e. The lowest BCUT2D eigenvalue weighted by atomic mass is 9.93. The predicted octanol–water partition coefficient (Wildman–Crippen LogP) is 0.714. The van der Waals surface area contributed by atoms with E-state index in [0.717, 1.165) is 0 Å². The number of nitrogens with one attached hydrogen (secondary N) is 1. The van der Waals surface area contributed by atoms with Gasteiger partial charge in [0.15, 0.2) is 17.7 Å². The first-order valence-corrected chi connectivity index (χ1v) is 12.4. The molecule has 1 saturated heterocycles. The van der Waals surface area contributed by atoms with Gasteiger partial charge in [0.05, 0.1) is 25.5 Å². The molecule has 41 heavy (non-hydrogen) atoms. The van der Waals surface area contributed by atoms with Crippen LogP contribution < -0.4 is 11.1 Å². The Kier molecular flexibility index (Phi) is 8.44. The van der Waals surface area contributed by atoms with Gasteiger partial charge in [-0.1, -0.05) is 12.1 Å². The first-order valence-electron chi connectivity index (χ1n) is 12.4. The van der Waals surface area contributed by atoms with Gasteiger partial charge in [0, 0.05) is 24.9 Å². The number of nitrogens with two attached hydrogens (primary N) is 1. The van der Waals surface area contributed by atoms with Gasteiger partial charge in [0.25, 0.3) is 11.5 Å². The summed E-state index contributed by atoms with van der Waals surface area (Å²) < 4.78 is 27.6. The van der Waals surface area contributed by atoms with Crippen LogP contribution in [0.3, 0.4) is 0 Å². The fourth-order valence-electron chi connectivity index (χ4n) is 4.39. The number of hydrogen-bond acceptors (Lipinski definition) is 10. The number of alkyl halides is 1. The molecular formula is C25H27FN6O9. The third-order valence-corrected chi connectivity index (χ3v) is 6.46. The van der Waals surface area contributed by atoms with Crippen LogP contribution in [0.4, 0.5) is 10.2 Å². The van der Waals surface area contributed by atoms with Gasteiger partial charge in [-0.3, -0.25) is 14.2 Å². The number of nitrogens with zero attached hydrogens (tertiary/aromatic N) is 4. The Balaban J connectivity index is 1.45. The molecule has 1 amide bonds. The number of aliphatic carboxylic acids is 3. The Morgan fingerprint density at radius 3 is 2.49 bits per heavy atom. The second-order valence-corrected chi connectivity index (χ2v) is 9.40. The summed E-state index contributed by atoms with van der Waals surface area (Å²) in [5, 5.41) is 30.8. The van der Waals surface area contributed by atoms with Crippen molar-refractivity contribution < 1.29 is 48.4 Å². The van der Waals surface area contributed by atoms with Crippen molar-refractivity contribution in [1.29, 1.82) is 0 Å². The summed E-state index contributed by atoms with van der Waals surface area (Å²) in [5.41, 5.74) is 4.01. The van der Waals surface area contributed by atoms with Crippen LogP contribution in [0.2, 0.25) is 0 Å². The Morgan fingerprint density at radius 2 is 1.85 bits per heavy atom. The minimum atomic E-state index is -2.74. The van der Waals surface area contributed by atoms with Crippen molar-refractivity contribution in [1.82, 2.24) is 24.8 Å². The molecular weight excluding hydrogens is 547 g/mol. The Hall–Kier alpha value is -4.70. The van der Waals surface area contributed by atoms with Gasteiger partial charge in [0.2, 0.25) is 0 Å². The highest BCUT2D eigenvalue weighted by Crippen LogP contribution is 2.35. The van der Waals surface area contributed by atoms with Crippen LogP contribution in [0.15, 0.2) is 30.6 Å². The van der Waals surface area contributed by atoms with E-state index in [2.05, 4.69) is 20.3 Å². The van der Waals surface area contributed by atoms with E-state index in [1.807, 2.05) is 0 Å². The summed E-state index contributed by atoms with van der Waals surface area (Å²) in [6.45, 7) is 0.962. The quantitative estimate of drug-likeness (QED) is 0.188. The number of hydrogen-bond donors (Lipinski definition) is 5. The molecule has 1 aliphatic heterocycles. The number of carboxylic acid groups (broad SMARTS) is 3. The molecule has 0 saturated carbocycles. The maximum atomic E-state index is 15.0. The lowest BCUT2D eigenvalue weighted by Crippen LogP contribution is -2.52. The number of nitrogen functional groups attached to an aromatic ring is 1. The molecule has 3 heterocycles. The van der Waals surface area contributed by atoms with Gasteiger partial charge in [-0.25, -0.2) is 28.9 Å². The molecule has 3 atom stereocenters. The molecule has 0 bridgehead atoms. The van der Waals surface area contributed by atoms with Crippen molar-refractivity contribution in [2.24, 2.45) is 0 Å². The SMILES string of the molecule is Cc1nc(N)c2ncn(C3OC(COC(Cc4ccc(C(=O)NCCC(=O)O)cc4)(C(=O)O)C(=O)O)CC3F)c2n1. The molecule has 3 unspecified atom stereocenters. The van der Waals surface area contributed by atoms with Crippen molar-refractivity contribution in [3.05, 3.63) is 47.5 Å². The molecule has 16 heteroatoms. The topological polar surface area (TPSA) is 229 Å². The number of benzene rings is 1. The fraction of sp³-hybridized carbons (Fsp3) is 0.400. The standard InChI is InChI=1S/C25H27FN6O9/c1-12-30-19(27)18-20(31-12)32(11-29-18)22-16(26)8-15(41-22)10-40-25(23(36)37,24(38)39)9-13-2-4-14(5-3-13)21(35)28-7-6-17(33)34/h2-5,11,15-16,22H,6-10H2,1H3,(H,28,35)(H,33,34)(H,36,37)(H,38,39)(H2,27,30,31). The summed E-state index contributed by atoms with van der Waals surface area (Å²) in [7, 11) is 0. The van der Waals surface area contributed by atoms with Crippen molar-refractivity contribution in [2.75, 3.05) is 18.9 Å². The number of ether oxygens (including phenoxy) is 2. The Labute approximate surface area is 231 Å². The molecule has 2 aromatic heterocycles. The molecule has 15 nitrogen and oxygen atoms in total. The van der Waals surface area contributed by atoms with Gasteiger partial charge < -0.3 is 35.8 Å². The van der Waals surface area contributed by atoms with Gasteiger partial charge >= 0.3 is 17.9 Å². The Morgan fingerprint density at radius 1 is 1.17 bits per heavy atom. The summed E-state index contributed by atoms with van der Waals surface area (Å²) in [4.78, 5) is 59.5. The number of rotatable bonds is 12. The maximum absolute atomic E-state index is 15.0. The van der Waals surface area contributed by atoms with Crippen molar-refractivity contribution in [3.8, 4) is 0 Å². The maximum Gasteiger partial charge on any atom is 0.348 e.